The molecule has 492 valence electrons. The third-order valence-electron chi connectivity index (χ3n) is 15.4. The first-order valence-electron chi connectivity index (χ1n) is 30.3. The average Bonchev–Trinajstić information content (AvgIpc) is 1.55. The average molecular weight is 1490 g/mol. The summed E-state index contributed by atoms with van der Waals surface area (Å²) in [6.07, 6.45) is 27.2. The maximum Gasteiger partial charge on any atom is 1.00 e. The van der Waals surface area contributed by atoms with Crippen molar-refractivity contribution in [2.45, 2.75) is 77.0 Å². The molecule has 0 unspecified atom stereocenters. The van der Waals surface area contributed by atoms with E-state index in [1.54, 1.807) is 49.6 Å². The molecular formula is C68H56Ag2B2F8N16. The minimum atomic E-state index is -6.00. The topological polar surface area (TPSA) is 206 Å². The molecule has 0 atom stereocenters. The molecule has 12 aromatic rings. The van der Waals surface area contributed by atoms with Crippen molar-refractivity contribution in [3.05, 3.63) is 240 Å². The minimum Gasteiger partial charge on any atom is -0.418 e. The Bertz CT molecular complexity index is 3610. The summed E-state index contributed by atoms with van der Waals surface area (Å²) in [5.41, 5.74) is 24.8. The summed E-state index contributed by atoms with van der Waals surface area (Å²) < 4.78 is 78.0. The van der Waals surface area contributed by atoms with Gasteiger partial charge < -0.3 is 34.5 Å². The molecule has 28 heteroatoms. The Balaban J connectivity index is 0.000000142. The van der Waals surface area contributed by atoms with Gasteiger partial charge in [0, 0.05) is 49.6 Å². The molecule has 0 aromatic carbocycles. The minimum absolute atomic E-state index is 0. The van der Waals surface area contributed by atoms with Crippen molar-refractivity contribution >= 4 is 14.5 Å². The number of pyridine rings is 8. The number of hydrogen-bond acceptors (Lipinski definition) is 16. The first kappa shape index (κ1) is 70.9. The second-order valence-electron chi connectivity index (χ2n) is 21.5. The predicted molar refractivity (Wildman–Crippen MR) is 342 cm³/mol. The van der Waals surface area contributed by atoms with Gasteiger partial charge in [-0.2, -0.15) is 0 Å². The predicted octanol–water partition coefficient (Wildman–Crippen LogP) is 15.0. The molecule has 0 spiro atoms. The summed E-state index contributed by atoms with van der Waals surface area (Å²) in [7, 11) is -12.0. The molecule has 16 nitrogen and oxygen atoms in total. The molecule has 0 radical (unpaired) electrons. The summed E-state index contributed by atoms with van der Waals surface area (Å²) in [6, 6.07) is 47.1. The van der Waals surface area contributed by atoms with E-state index >= 15 is 0 Å². The van der Waals surface area contributed by atoms with Gasteiger partial charge in [0.25, 0.3) is 0 Å². The van der Waals surface area contributed by atoms with Gasteiger partial charge in [-0.25, -0.2) is 0 Å². The third kappa shape index (κ3) is 18.5. The van der Waals surface area contributed by atoms with E-state index in [9.17, 15) is 34.5 Å². The van der Waals surface area contributed by atoms with Gasteiger partial charge in [0.15, 0.2) is 0 Å². The molecule has 16 rings (SSSR count). The molecule has 96 heavy (non-hydrogen) atoms. The Morgan fingerprint density at radius 1 is 0.198 bits per heavy atom. The summed E-state index contributed by atoms with van der Waals surface area (Å²) in [4.78, 5) is 35.3. The monoisotopic (exact) mass is 1480 g/mol. The van der Waals surface area contributed by atoms with Crippen LogP contribution < -0.4 is 0 Å². The van der Waals surface area contributed by atoms with E-state index in [0.717, 1.165) is 168 Å². The molecule has 0 saturated carbocycles. The van der Waals surface area contributed by atoms with Crippen molar-refractivity contribution in [2.75, 3.05) is 0 Å². The van der Waals surface area contributed by atoms with Crippen LogP contribution in [-0.2, 0) is 96.1 Å². The number of nitrogens with zero attached hydrogens (tertiary/aromatic N) is 16. The number of aromatic nitrogens is 16. The smallest absolute Gasteiger partial charge is 0.418 e. The van der Waals surface area contributed by atoms with Crippen LogP contribution in [-0.4, -0.2) is 95.2 Å². The van der Waals surface area contributed by atoms with Gasteiger partial charge >= 0.3 is 59.3 Å². The van der Waals surface area contributed by atoms with Crippen molar-refractivity contribution in [3.63, 3.8) is 0 Å². The molecule has 0 N–H and O–H groups in total. The Hall–Kier alpha value is -9.43. The van der Waals surface area contributed by atoms with Gasteiger partial charge in [-0.15, -0.1) is 40.8 Å². The largest absolute Gasteiger partial charge is 1.00 e. The summed E-state index contributed by atoms with van der Waals surface area (Å²) in [5.74, 6) is 0. The number of fused-ring (bicyclic) bond motifs is 4. The SMILES string of the molecule is F[B-](F)(F)F.F[B-](F)(F)F.[Ag+].[Ag+].c1ccc(-c2nnc(-c3ccccn3)c3c2CCC3)nc1.c1ccc(-c2nnc(-c3ccccn3)c3c2CCC3)nc1.c1ccc(-c2nnc(-c3ccccn3)c3c2CCC3)nc1.c1ccc(-c2nnc(-c3ccccn3)c3c2CCC3)nc1. The molecule has 12 heterocycles. The molecule has 4 aliphatic carbocycles. The summed E-state index contributed by atoms with van der Waals surface area (Å²) in [6.45, 7) is 0. The van der Waals surface area contributed by atoms with Gasteiger partial charge in [0.05, 0.1) is 45.6 Å². The van der Waals surface area contributed by atoms with Crippen molar-refractivity contribution in [3.8, 4) is 91.1 Å². The number of halogens is 8. The number of hydrogen-bond donors (Lipinski definition) is 0. The standard InChI is InChI=1S/4C17H14N4.2Ag.2BF4/c4*1-3-10-18-14(8-1)16-12-6-5-7-13(12)17(21-20-16)15-9-2-4-11-19-15;;;2*2-1(3,4)5/h4*1-4,8-11H,5-7H2;;;;/q;;;;2*+1;2*-1. The Kier molecular flexibility index (Phi) is 25.0. The van der Waals surface area contributed by atoms with Crippen LogP contribution in [0.25, 0.3) is 91.1 Å². The second-order valence-corrected chi connectivity index (χ2v) is 21.5. The normalized spacial score (nSPS) is 12.8. The van der Waals surface area contributed by atoms with Crippen molar-refractivity contribution < 1.29 is 79.3 Å². The molecule has 0 aliphatic heterocycles. The van der Waals surface area contributed by atoms with E-state index < -0.39 is 14.5 Å². The van der Waals surface area contributed by atoms with Crippen molar-refractivity contribution in [1.82, 2.24) is 80.7 Å². The Morgan fingerprint density at radius 2 is 0.312 bits per heavy atom. The van der Waals surface area contributed by atoms with Crippen molar-refractivity contribution in [2.24, 2.45) is 0 Å². The van der Waals surface area contributed by atoms with E-state index in [1.807, 2.05) is 146 Å². The third-order valence-corrected chi connectivity index (χ3v) is 15.4. The van der Waals surface area contributed by atoms with E-state index in [0.29, 0.717) is 0 Å². The Morgan fingerprint density at radius 3 is 0.406 bits per heavy atom. The fourth-order valence-electron chi connectivity index (χ4n) is 11.6. The van der Waals surface area contributed by atoms with Gasteiger partial charge in [0.1, 0.15) is 45.6 Å². The first-order valence-corrected chi connectivity index (χ1v) is 30.3. The van der Waals surface area contributed by atoms with Crippen LogP contribution in [0, 0.1) is 0 Å². The molecule has 0 fully saturated rings. The molecular weight excluding hydrogens is 1430 g/mol. The first-order chi connectivity index (χ1) is 45.7. The summed E-state index contributed by atoms with van der Waals surface area (Å²) in [5, 5.41) is 35.6. The quantitative estimate of drug-likeness (QED) is 0.102. The maximum absolute atomic E-state index is 9.75. The molecule has 0 bridgehead atoms. The zero-order valence-corrected chi connectivity index (χ0v) is 53.9. The van der Waals surface area contributed by atoms with E-state index in [2.05, 4.69) is 80.7 Å². The fourth-order valence-corrected chi connectivity index (χ4v) is 11.6. The molecule has 4 aliphatic rings. The molecule has 12 aromatic heterocycles. The van der Waals surface area contributed by atoms with Crippen LogP contribution in [0.5, 0.6) is 0 Å². The number of rotatable bonds is 8. The van der Waals surface area contributed by atoms with Crippen LogP contribution in [0.15, 0.2) is 195 Å². The van der Waals surface area contributed by atoms with Crippen LogP contribution in [0.1, 0.15) is 70.2 Å². The van der Waals surface area contributed by atoms with Gasteiger partial charge in [-0.3, -0.25) is 39.9 Å². The molecule has 0 amide bonds. The van der Waals surface area contributed by atoms with Gasteiger partial charge in [0.2, 0.25) is 0 Å². The second kappa shape index (κ2) is 33.8. The summed E-state index contributed by atoms with van der Waals surface area (Å²) >= 11 is 0. The van der Waals surface area contributed by atoms with E-state index in [-0.39, 0.29) is 44.8 Å². The van der Waals surface area contributed by atoms with Crippen LogP contribution in [0.4, 0.5) is 34.5 Å². The zero-order valence-electron chi connectivity index (χ0n) is 50.9. The maximum atomic E-state index is 9.75. The van der Waals surface area contributed by atoms with Crippen LogP contribution in [0.3, 0.4) is 0 Å². The van der Waals surface area contributed by atoms with Gasteiger partial charge in [-0.05, 0) is 219 Å². The van der Waals surface area contributed by atoms with E-state index in [1.165, 1.54) is 44.5 Å². The molecule has 0 saturated heterocycles. The van der Waals surface area contributed by atoms with Crippen molar-refractivity contribution in [1.29, 1.82) is 0 Å². The van der Waals surface area contributed by atoms with Crippen LogP contribution >= 0.6 is 0 Å². The van der Waals surface area contributed by atoms with E-state index in [4.69, 9.17) is 0 Å². The zero-order chi connectivity index (χ0) is 65.3. The fraction of sp³-hybridized carbons (Fsp3) is 0.176. The Labute approximate surface area is 578 Å². The van der Waals surface area contributed by atoms with Crippen LogP contribution in [0.2, 0.25) is 0 Å². The van der Waals surface area contributed by atoms with Gasteiger partial charge in [-0.1, -0.05) is 48.5 Å².